The van der Waals surface area contributed by atoms with E-state index in [1.807, 2.05) is 35.2 Å². The monoisotopic (exact) mass is 402 g/mol. The highest BCUT2D eigenvalue weighted by molar-refractivity contribution is 5.85. The molecule has 0 radical (unpaired) electrons. The number of carbonyl (C=O) groups is 1. The number of amides is 1. The van der Waals surface area contributed by atoms with E-state index in [0.717, 1.165) is 38.0 Å². The Morgan fingerprint density at radius 3 is 2.40 bits per heavy atom. The van der Waals surface area contributed by atoms with Gasteiger partial charge in [0, 0.05) is 25.6 Å². The Hall–Kier alpha value is -2.69. The van der Waals surface area contributed by atoms with Gasteiger partial charge in [0.2, 0.25) is 5.91 Å². The van der Waals surface area contributed by atoms with Crippen LogP contribution in [-0.2, 0) is 17.9 Å². The van der Waals surface area contributed by atoms with E-state index in [1.54, 1.807) is 0 Å². The van der Waals surface area contributed by atoms with Crippen molar-refractivity contribution in [2.45, 2.75) is 25.9 Å². The van der Waals surface area contributed by atoms with Gasteiger partial charge < -0.3 is 10.0 Å². The predicted octanol–water partition coefficient (Wildman–Crippen LogP) is 4.07. The molecule has 1 fully saturated rings. The number of piperidine rings is 1. The second-order valence-corrected chi connectivity index (χ2v) is 8.16. The van der Waals surface area contributed by atoms with E-state index in [4.69, 9.17) is 0 Å². The molecule has 30 heavy (non-hydrogen) atoms. The van der Waals surface area contributed by atoms with Crippen LogP contribution in [0.15, 0.2) is 72.8 Å². The van der Waals surface area contributed by atoms with Crippen molar-refractivity contribution in [2.24, 2.45) is 5.92 Å². The predicted molar refractivity (Wildman–Crippen MR) is 121 cm³/mol. The molecule has 1 aliphatic heterocycles. The van der Waals surface area contributed by atoms with E-state index in [-0.39, 0.29) is 18.4 Å². The van der Waals surface area contributed by atoms with Gasteiger partial charge in [-0.3, -0.25) is 9.69 Å². The van der Waals surface area contributed by atoms with Crippen LogP contribution in [0.1, 0.15) is 24.0 Å². The van der Waals surface area contributed by atoms with E-state index in [1.165, 1.54) is 16.3 Å². The van der Waals surface area contributed by atoms with Crippen LogP contribution in [0.25, 0.3) is 10.8 Å². The quantitative estimate of drug-likeness (QED) is 0.648. The third kappa shape index (κ3) is 4.89. The highest BCUT2D eigenvalue weighted by Crippen LogP contribution is 2.25. The highest BCUT2D eigenvalue weighted by Gasteiger charge is 2.28. The summed E-state index contributed by atoms with van der Waals surface area (Å²) in [6, 6.07) is 25.0. The van der Waals surface area contributed by atoms with Crippen molar-refractivity contribution in [3.8, 4) is 0 Å². The van der Waals surface area contributed by atoms with Gasteiger partial charge in [0.15, 0.2) is 0 Å². The number of fused-ring (bicyclic) bond motifs is 1. The largest absolute Gasteiger partial charge is 0.395 e. The molecule has 0 aromatic heterocycles. The molecule has 3 aromatic carbocycles. The number of hydrogen-bond donors (Lipinski definition) is 1. The third-order valence-electron chi connectivity index (χ3n) is 6.11. The highest BCUT2D eigenvalue weighted by atomic mass is 16.3. The second-order valence-electron chi connectivity index (χ2n) is 8.16. The lowest BCUT2D eigenvalue weighted by molar-refractivity contribution is -0.138. The molecule has 0 bridgehead atoms. The van der Waals surface area contributed by atoms with Gasteiger partial charge in [0.1, 0.15) is 0 Å². The number of nitrogens with zero attached hydrogens (tertiary/aromatic N) is 2. The first kappa shape index (κ1) is 20.6. The van der Waals surface area contributed by atoms with Gasteiger partial charge in [-0.1, -0.05) is 72.8 Å². The van der Waals surface area contributed by atoms with Crippen LogP contribution >= 0.6 is 0 Å². The van der Waals surface area contributed by atoms with E-state index >= 15 is 0 Å². The Labute approximate surface area is 178 Å². The molecule has 4 heteroatoms. The smallest absolute Gasteiger partial charge is 0.226 e. The van der Waals surface area contributed by atoms with E-state index in [9.17, 15) is 9.90 Å². The molecule has 0 aliphatic carbocycles. The fourth-order valence-corrected chi connectivity index (χ4v) is 4.46. The zero-order valence-corrected chi connectivity index (χ0v) is 17.4. The van der Waals surface area contributed by atoms with E-state index in [0.29, 0.717) is 13.1 Å². The number of carbonyl (C=O) groups excluding carboxylic acids is 1. The van der Waals surface area contributed by atoms with Gasteiger partial charge in [-0.25, -0.2) is 0 Å². The van der Waals surface area contributed by atoms with Crippen LogP contribution < -0.4 is 0 Å². The van der Waals surface area contributed by atoms with Crippen molar-refractivity contribution in [3.05, 3.63) is 83.9 Å². The molecule has 1 heterocycles. The summed E-state index contributed by atoms with van der Waals surface area (Å²) in [5, 5.41) is 12.0. The van der Waals surface area contributed by atoms with Crippen LogP contribution in [0.4, 0.5) is 0 Å². The molecule has 1 N–H and O–H groups in total. The molecule has 156 valence electrons. The first-order valence-electron chi connectivity index (χ1n) is 10.9. The first-order valence-corrected chi connectivity index (χ1v) is 10.9. The number of aliphatic hydroxyl groups excluding tert-OH is 1. The zero-order chi connectivity index (χ0) is 20.8. The molecule has 4 rings (SSSR count). The van der Waals surface area contributed by atoms with Crippen molar-refractivity contribution >= 4 is 16.7 Å². The number of rotatable bonds is 7. The first-order chi connectivity index (χ1) is 14.7. The minimum atomic E-state index is -0.00149. The number of hydrogen-bond acceptors (Lipinski definition) is 3. The molecular formula is C26H30N2O2. The summed E-state index contributed by atoms with van der Waals surface area (Å²) in [6.07, 6.45) is 1.75. The maximum atomic E-state index is 13.1. The second kappa shape index (κ2) is 9.88. The van der Waals surface area contributed by atoms with Crippen LogP contribution in [0, 0.1) is 5.92 Å². The Kier molecular flexibility index (Phi) is 6.77. The normalized spacial score (nSPS) is 15.4. The third-order valence-corrected chi connectivity index (χ3v) is 6.11. The van der Waals surface area contributed by atoms with Crippen molar-refractivity contribution in [2.75, 3.05) is 26.2 Å². The van der Waals surface area contributed by atoms with Crippen LogP contribution in [0.5, 0.6) is 0 Å². The van der Waals surface area contributed by atoms with E-state index < -0.39 is 0 Å². The van der Waals surface area contributed by atoms with Crippen molar-refractivity contribution < 1.29 is 9.90 Å². The molecule has 0 saturated carbocycles. The van der Waals surface area contributed by atoms with Gasteiger partial charge in [-0.05, 0) is 47.8 Å². The standard InChI is InChI=1S/C26H30N2O2/c29-18-17-28(19-21-7-2-1-3-8-21)26(30)23-13-15-27(16-14-23)20-24-11-6-10-22-9-4-5-12-25(22)24/h1-12,23,29H,13-20H2. The lowest BCUT2D eigenvalue weighted by atomic mass is 9.94. The Balaban J connectivity index is 1.36. The molecular weight excluding hydrogens is 372 g/mol. The minimum absolute atomic E-state index is 0.00149. The van der Waals surface area contributed by atoms with E-state index in [2.05, 4.69) is 47.4 Å². The summed E-state index contributed by atoms with van der Waals surface area (Å²) in [5.74, 6) is 0.224. The Morgan fingerprint density at radius 1 is 0.933 bits per heavy atom. The molecule has 0 spiro atoms. The van der Waals surface area contributed by atoms with Crippen molar-refractivity contribution in [3.63, 3.8) is 0 Å². The SMILES string of the molecule is O=C(C1CCN(Cc2cccc3ccccc23)CC1)N(CCO)Cc1ccccc1. The van der Waals surface area contributed by atoms with Crippen molar-refractivity contribution in [1.82, 2.24) is 9.80 Å². The topological polar surface area (TPSA) is 43.8 Å². The van der Waals surface area contributed by atoms with Crippen LogP contribution in [-0.4, -0.2) is 47.1 Å². The summed E-state index contributed by atoms with van der Waals surface area (Å²) < 4.78 is 0. The number of likely N-dealkylation sites (tertiary alicyclic amines) is 1. The molecule has 3 aromatic rings. The number of benzene rings is 3. The van der Waals surface area contributed by atoms with Gasteiger partial charge in [-0.15, -0.1) is 0 Å². The molecule has 0 atom stereocenters. The maximum Gasteiger partial charge on any atom is 0.226 e. The average Bonchev–Trinajstić information content (AvgIpc) is 2.80. The molecule has 1 saturated heterocycles. The minimum Gasteiger partial charge on any atom is -0.395 e. The van der Waals surface area contributed by atoms with Gasteiger partial charge in [0.25, 0.3) is 0 Å². The van der Waals surface area contributed by atoms with Crippen LogP contribution in [0.2, 0.25) is 0 Å². The molecule has 1 aliphatic rings. The lowest BCUT2D eigenvalue weighted by Crippen LogP contribution is -2.43. The molecule has 4 nitrogen and oxygen atoms in total. The Bertz CT molecular complexity index is 960. The molecule has 0 unspecified atom stereocenters. The number of aliphatic hydroxyl groups is 1. The van der Waals surface area contributed by atoms with Crippen molar-refractivity contribution in [1.29, 1.82) is 0 Å². The fourth-order valence-electron chi connectivity index (χ4n) is 4.46. The lowest BCUT2D eigenvalue weighted by Gasteiger charge is -2.34. The fraction of sp³-hybridized carbons (Fsp3) is 0.346. The average molecular weight is 403 g/mol. The van der Waals surface area contributed by atoms with Gasteiger partial charge >= 0.3 is 0 Å². The molecule has 1 amide bonds. The van der Waals surface area contributed by atoms with Crippen LogP contribution in [0.3, 0.4) is 0 Å². The summed E-state index contributed by atoms with van der Waals surface area (Å²) in [7, 11) is 0. The summed E-state index contributed by atoms with van der Waals surface area (Å²) in [4.78, 5) is 17.4. The summed E-state index contributed by atoms with van der Waals surface area (Å²) >= 11 is 0. The van der Waals surface area contributed by atoms with Gasteiger partial charge in [-0.2, -0.15) is 0 Å². The summed E-state index contributed by atoms with van der Waals surface area (Å²) in [5.41, 5.74) is 2.46. The zero-order valence-electron chi connectivity index (χ0n) is 17.4. The summed E-state index contributed by atoms with van der Waals surface area (Å²) in [6.45, 7) is 3.74. The van der Waals surface area contributed by atoms with Gasteiger partial charge in [0.05, 0.1) is 6.61 Å². The Morgan fingerprint density at radius 2 is 1.63 bits per heavy atom. The maximum absolute atomic E-state index is 13.1.